The summed E-state index contributed by atoms with van der Waals surface area (Å²) < 4.78 is 35.2. The Morgan fingerprint density at radius 1 is 1.35 bits per heavy atom. The van der Waals surface area contributed by atoms with Crippen LogP contribution >= 0.6 is 27.5 Å². The molecule has 1 aromatic rings. The van der Waals surface area contributed by atoms with Gasteiger partial charge in [0, 0.05) is 30.8 Å². The Kier molecular flexibility index (Phi) is 6.91. The van der Waals surface area contributed by atoms with Crippen molar-refractivity contribution < 1.29 is 18.3 Å². The predicted molar refractivity (Wildman–Crippen MR) is 83.3 cm³/mol. The Hall–Kier alpha value is -0.173. The van der Waals surface area contributed by atoms with Crippen LogP contribution in [-0.4, -0.2) is 21.3 Å². The minimum Gasteiger partial charge on any atom is -0.434 e. The molecule has 0 amide bonds. The van der Waals surface area contributed by atoms with E-state index in [1.807, 2.05) is 0 Å². The second-order valence-corrected chi connectivity index (χ2v) is 12.4. The molecular weight excluding hydrogens is 370 g/mol. The molecule has 0 aliphatic heterocycles. The molecule has 0 bridgehead atoms. The van der Waals surface area contributed by atoms with Crippen LogP contribution in [0.3, 0.4) is 0 Å². The molecule has 0 aromatic heterocycles. The van der Waals surface area contributed by atoms with Crippen molar-refractivity contribution in [3.63, 3.8) is 0 Å². The van der Waals surface area contributed by atoms with Crippen LogP contribution < -0.4 is 4.74 Å². The lowest BCUT2D eigenvalue weighted by Gasteiger charge is -2.16. The van der Waals surface area contributed by atoms with Gasteiger partial charge in [-0.25, -0.2) is 0 Å². The first kappa shape index (κ1) is 17.9. The smallest absolute Gasteiger partial charge is 0.387 e. The van der Waals surface area contributed by atoms with Crippen LogP contribution in [0.1, 0.15) is 5.56 Å². The minimum absolute atomic E-state index is 0.00111. The molecular formula is C13H17BrClF2O2Si. The number of benzene rings is 1. The van der Waals surface area contributed by atoms with Crippen molar-refractivity contribution in [1.29, 1.82) is 0 Å². The minimum atomic E-state index is -2.90. The van der Waals surface area contributed by atoms with Crippen LogP contribution in [0.15, 0.2) is 16.6 Å². The molecule has 0 saturated carbocycles. The molecule has 1 rings (SSSR count). The Morgan fingerprint density at radius 3 is 2.55 bits per heavy atom. The topological polar surface area (TPSA) is 18.5 Å². The fourth-order valence-electron chi connectivity index (χ4n) is 1.35. The summed E-state index contributed by atoms with van der Waals surface area (Å²) in [5, 5.41) is 0.305. The molecule has 0 aliphatic carbocycles. The maximum absolute atomic E-state index is 12.4. The van der Waals surface area contributed by atoms with Crippen molar-refractivity contribution in [3.8, 4) is 5.75 Å². The highest BCUT2D eigenvalue weighted by molar-refractivity contribution is 9.10. The van der Waals surface area contributed by atoms with E-state index in [2.05, 4.69) is 40.3 Å². The fourth-order valence-corrected chi connectivity index (χ4v) is 2.59. The highest BCUT2D eigenvalue weighted by Crippen LogP contribution is 2.33. The number of ether oxygens (including phenoxy) is 2. The normalized spacial score (nSPS) is 12.0. The van der Waals surface area contributed by atoms with Crippen molar-refractivity contribution in [3.05, 3.63) is 33.8 Å². The standard InChI is InChI=1S/C13H17BrClF2O2Si/c1-20(2,3)5-4-18-8-9-6-10(14)11(15)7-12(9)19-13(16)17/h6-8,13H,4-5H2,1-3H3. The summed E-state index contributed by atoms with van der Waals surface area (Å²) in [6, 6.07) is 3.92. The van der Waals surface area contributed by atoms with E-state index in [0.717, 1.165) is 6.04 Å². The molecule has 2 nitrogen and oxygen atoms in total. The molecule has 0 aliphatic rings. The first-order valence-corrected chi connectivity index (χ1v) is 11.0. The van der Waals surface area contributed by atoms with Gasteiger partial charge in [-0.3, -0.25) is 0 Å². The molecule has 0 atom stereocenters. The van der Waals surface area contributed by atoms with Crippen LogP contribution in [0, 0.1) is 6.61 Å². The lowest BCUT2D eigenvalue weighted by atomic mass is 10.2. The fraction of sp³-hybridized carbons (Fsp3) is 0.462. The number of rotatable bonds is 7. The molecule has 0 unspecified atom stereocenters. The number of halogens is 4. The Morgan fingerprint density at radius 2 is 2.00 bits per heavy atom. The van der Waals surface area contributed by atoms with E-state index in [1.165, 1.54) is 12.7 Å². The summed E-state index contributed by atoms with van der Waals surface area (Å²) in [6.07, 6.45) is 0. The van der Waals surface area contributed by atoms with Crippen molar-refractivity contribution in [2.24, 2.45) is 0 Å². The number of hydrogen-bond acceptors (Lipinski definition) is 2. The third-order valence-corrected chi connectivity index (χ3v) is 5.35. The van der Waals surface area contributed by atoms with Gasteiger partial charge in [0.1, 0.15) is 12.4 Å². The van der Waals surface area contributed by atoms with Gasteiger partial charge in [0.25, 0.3) is 0 Å². The number of hydrogen-bond donors (Lipinski definition) is 0. The number of alkyl halides is 2. The van der Waals surface area contributed by atoms with E-state index < -0.39 is 14.7 Å². The van der Waals surface area contributed by atoms with Gasteiger partial charge in [-0.1, -0.05) is 31.2 Å². The zero-order valence-electron chi connectivity index (χ0n) is 11.6. The molecule has 0 fully saturated rings. The first-order chi connectivity index (χ1) is 9.19. The first-order valence-electron chi connectivity index (χ1n) is 6.08. The highest BCUT2D eigenvalue weighted by atomic mass is 79.9. The summed E-state index contributed by atoms with van der Waals surface area (Å²) in [4.78, 5) is 0. The van der Waals surface area contributed by atoms with Crippen LogP contribution in [0.5, 0.6) is 5.75 Å². The summed E-state index contributed by atoms with van der Waals surface area (Å²) >= 11 is 9.11. The van der Waals surface area contributed by atoms with Gasteiger partial charge in [-0.15, -0.1) is 0 Å². The maximum Gasteiger partial charge on any atom is 0.387 e. The summed E-state index contributed by atoms with van der Waals surface area (Å²) in [5.74, 6) is 0.00111. The van der Waals surface area contributed by atoms with Crippen LogP contribution in [0.4, 0.5) is 8.78 Å². The zero-order chi connectivity index (χ0) is 15.3. The third-order valence-electron chi connectivity index (χ3n) is 2.45. The molecule has 0 N–H and O–H groups in total. The van der Waals surface area contributed by atoms with Crippen molar-refractivity contribution in [2.45, 2.75) is 32.3 Å². The van der Waals surface area contributed by atoms with E-state index in [9.17, 15) is 8.78 Å². The molecule has 1 radical (unpaired) electrons. The van der Waals surface area contributed by atoms with E-state index in [-0.39, 0.29) is 5.75 Å². The summed E-state index contributed by atoms with van der Waals surface area (Å²) in [6.45, 7) is 5.80. The SMILES string of the molecule is C[Si](C)(C)CCO[CH]c1cc(Br)c(Cl)cc1OC(F)F. The second-order valence-electron chi connectivity index (χ2n) is 5.48. The average molecular weight is 387 g/mol. The molecule has 113 valence electrons. The Labute approximate surface area is 132 Å². The largest absolute Gasteiger partial charge is 0.434 e. The van der Waals surface area contributed by atoms with Crippen LogP contribution in [0.2, 0.25) is 30.7 Å². The monoisotopic (exact) mass is 385 g/mol. The van der Waals surface area contributed by atoms with Gasteiger partial charge in [-0.05, 0) is 28.0 Å². The van der Waals surface area contributed by atoms with Crippen molar-refractivity contribution in [1.82, 2.24) is 0 Å². The molecule has 0 saturated heterocycles. The maximum atomic E-state index is 12.4. The van der Waals surface area contributed by atoms with Gasteiger partial charge in [0.05, 0.1) is 5.02 Å². The predicted octanol–water partition coefficient (Wildman–Crippen LogP) is 5.57. The lowest BCUT2D eigenvalue weighted by molar-refractivity contribution is -0.0505. The second kappa shape index (κ2) is 7.73. The van der Waals surface area contributed by atoms with Crippen molar-refractivity contribution >= 4 is 35.6 Å². The Balaban J connectivity index is 2.70. The van der Waals surface area contributed by atoms with Crippen LogP contribution in [-0.2, 0) is 4.74 Å². The lowest BCUT2D eigenvalue weighted by Crippen LogP contribution is -2.21. The van der Waals surface area contributed by atoms with Gasteiger partial charge < -0.3 is 9.47 Å². The average Bonchev–Trinajstić information content (AvgIpc) is 2.28. The van der Waals surface area contributed by atoms with Gasteiger partial charge in [0.15, 0.2) is 0 Å². The van der Waals surface area contributed by atoms with Gasteiger partial charge in [0.2, 0.25) is 0 Å². The summed E-state index contributed by atoms with van der Waals surface area (Å²) in [7, 11) is -1.18. The van der Waals surface area contributed by atoms with E-state index in [4.69, 9.17) is 16.3 Å². The van der Waals surface area contributed by atoms with Crippen LogP contribution in [0.25, 0.3) is 0 Å². The summed E-state index contributed by atoms with van der Waals surface area (Å²) in [5.41, 5.74) is 0.428. The van der Waals surface area contributed by atoms with E-state index in [1.54, 1.807) is 6.07 Å². The molecule has 7 heteroatoms. The van der Waals surface area contributed by atoms with E-state index >= 15 is 0 Å². The van der Waals surface area contributed by atoms with Gasteiger partial charge in [-0.2, -0.15) is 8.78 Å². The molecule has 20 heavy (non-hydrogen) atoms. The molecule has 0 spiro atoms. The zero-order valence-corrected chi connectivity index (χ0v) is 14.9. The quantitative estimate of drug-likeness (QED) is 0.450. The van der Waals surface area contributed by atoms with Crippen molar-refractivity contribution in [2.75, 3.05) is 6.61 Å². The Bertz CT molecular complexity index is 453. The third kappa shape index (κ3) is 6.52. The van der Waals surface area contributed by atoms with E-state index in [0.29, 0.717) is 21.7 Å². The highest BCUT2D eigenvalue weighted by Gasteiger charge is 2.15. The molecule has 0 heterocycles. The van der Waals surface area contributed by atoms with Gasteiger partial charge >= 0.3 is 6.61 Å². The molecule has 1 aromatic carbocycles.